The highest BCUT2D eigenvalue weighted by Gasteiger charge is 2.27. The number of piperidine rings is 1. The molecule has 0 bridgehead atoms. The van der Waals surface area contributed by atoms with E-state index in [2.05, 4.69) is 17.2 Å². The lowest BCUT2D eigenvalue weighted by molar-refractivity contribution is 0.0196. The molecule has 118 valence electrons. The first-order valence-electron chi connectivity index (χ1n) is 7.48. The van der Waals surface area contributed by atoms with Gasteiger partial charge in [0.05, 0.1) is 6.04 Å². The molecule has 1 fully saturated rings. The molecule has 5 nitrogen and oxygen atoms in total. The molecule has 1 aliphatic heterocycles. The predicted molar refractivity (Wildman–Crippen MR) is 84.5 cm³/mol. The van der Waals surface area contributed by atoms with E-state index >= 15 is 0 Å². The second-order valence-corrected chi connectivity index (χ2v) is 7.43. The summed E-state index contributed by atoms with van der Waals surface area (Å²) in [6.45, 7) is 9.33. The summed E-state index contributed by atoms with van der Waals surface area (Å²) in [6, 6.07) is 0.700. The SMILES string of the molecule is CC(NC1CCN(C(=O)OC(C)(C)C)CC1)c1nccs1. The molecule has 1 N–H and O–H groups in total. The first kappa shape index (κ1) is 16.2. The Morgan fingerprint density at radius 1 is 1.48 bits per heavy atom. The van der Waals surface area contributed by atoms with Gasteiger partial charge in [-0.1, -0.05) is 0 Å². The van der Waals surface area contributed by atoms with E-state index in [-0.39, 0.29) is 12.1 Å². The quantitative estimate of drug-likeness (QED) is 0.931. The van der Waals surface area contributed by atoms with Crippen LogP contribution in [0.25, 0.3) is 0 Å². The zero-order valence-electron chi connectivity index (χ0n) is 13.3. The van der Waals surface area contributed by atoms with Gasteiger partial charge >= 0.3 is 6.09 Å². The molecular formula is C15H25N3O2S. The molecule has 1 aromatic rings. The Balaban J connectivity index is 1.77. The molecule has 0 spiro atoms. The Hall–Kier alpha value is -1.14. The number of carbonyl (C=O) groups is 1. The smallest absolute Gasteiger partial charge is 0.410 e. The van der Waals surface area contributed by atoms with Crippen LogP contribution in [0.15, 0.2) is 11.6 Å². The third-order valence-corrected chi connectivity index (χ3v) is 4.41. The molecule has 1 aliphatic rings. The summed E-state index contributed by atoms with van der Waals surface area (Å²) >= 11 is 1.67. The number of thiazole rings is 1. The van der Waals surface area contributed by atoms with E-state index in [4.69, 9.17) is 4.74 Å². The minimum absolute atomic E-state index is 0.200. The standard InChI is InChI=1S/C15H25N3O2S/c1-11(13-16-7-10-21-13)17-12-5-8-18(9-6-12)14(19)20-15(2,3)4/h7,10-12,17H,5-6,8-9H2,1-4H3. The highest BCUT2D eigenvalue weighted by atomic mass is 32.1. The van der Waals surface area contributed by atoms with Crippen LogP contribution in [0, 0.1) is 0 Å². The minimum atomic E-state index is -0.425. The third-order valence-electron chi connectivity index (χ3n) is 3.45. The lowest BCUT2D eigenvalue weighted by Crippen LogP contribution is -2.46. The molecule has 0 aromatic carbocycles. The third kappa shape index (κ3) is 4.97. The monoisotopic (exact) mass is 311 g/mol. The topological polar surface area (TPSA) is 54.5 Å². The van der Waals surface area contributed by atoms with Gasteiger partial charge in [0.25, 0.3) is 0 Å². The summed E-state index contributed by atoms with van der Waals surface area (Å²) in [6.07, 6.45) is 3.54. The molecule has 6 heteroatoms. The highest BCUT2D eigenvalue weighted by Crippen LogP contribution is 2.20. The molecule has 2 heterocycles. The van der Waals surface area contributed by atoms with Gasteiger partial charge in [0, 0.05) is 30.7 Å². The van der Waals surface area contributed by atoms with E-state index in [1.54, 1.807) is 16.2 Å². The molecule has 1 unspecified atom stereocenters. The first-order valence-corrected chi connectivity index (χ1v) is 8.36. The van der Waals surface area contributed by atoms with Crippen molar-refractivity contribution in [2.45, 2.75) is 58.2 Å². The van der Waals surface area contributed by atoms with Crippen molar-refractivity contribution in [3.05, 3.63) is 16.6 Å². The van der Waals surface area contributed by atoms with Crippen LogP contribution in [0.2, 0.25) is 0 Å². The van der Waals surface area contributed by atoms with Gasteiger partial charge < -0.3 is 15.0 Å². The number of nitrogens with zero attached hydrogens (tertiary/aromatic N) is 2. The molecule has 21 heavy (non-hydrogen) atoms. The van der Waals surface area contributed by atoms with Gasteiger partial charge in [-0.3, -0.25) is 0 Å². The van der Waals surface area contributed by atoms with Crippen molar-refractivity contribution in [3.8, 4) is 0 Å². The fourth-order valence-corrected chi connectivity index (χ4v) is 3.08. The van der Waals surface area contributed by atoms with E-state index in [1.807, 2.05) is 32.3 Å². The van der Waals surface area contributed by atoms with Crippen molar-refractivity contribution < 1.29 is 9.53 Å². The largest absolute Gasteiger partial charge is 0.444 e. The first-order chi connectivity index (χ1) is 9.85. The molecular weight excluding hydrogens is 286 g/mol. The van der Waals surface area contributed by atoms with Crippen molar-refractivity contribution >= 4 is 17.4 Å². The van der Waals surface area contributed by atoms with Crippen molar-refractivity contribution in [2.24, 2.45) is 0 Å². The molecule has 0 aliphatic carbocycles. The van der Waals surface area contributed by atoms with Crippen LogP contribution in [-0.4, -0.2) is 40.7 Å². The zero-order valence-corrected chi connectivity index (χ0v) is 14.1. The van der Waals surface area contributed by atoms with Gasteiger partial charge in [0.15, 0.2) is 0 Å². The maximum atomic E-state index is 12.0. The van der Waals surface area contributed by atoms with Crippen LogP contribution in [0.3, 0.4) is 0 Å². The van der Waals surface area contributed by atoms with Gasteiger partial charge in [-0.05, 0) is 40.5 Å². The number of nitrogens with one attached hydrogen (secondary N) is 1. The van der Waals surface area contributed by atoms with E-state index in [9.17, 15) is 4.79 Å². The van der Waals surface area contributed by atoms with Gasteiger partial charge in [0.2, 0.25) is 0 Å². The van der Waals surface area contributed by atoms with Crippen LogP contribution in [0.4, 0.5) is 4.79 Å². The number of ether oxygens (including phenoxy) is 1. The molecule has 2 rings (SSSR count). The van der Waals surface area contributed by atoms with Crippen LogP contribution < -0.4 is 5.32 Å². The second kappa shape index (κ2) is 6.75. The molecule has 0 saturated carbocycles. The predicted octanol–water partition coefficient (Wildman–Crippen LogP) is 3.19. The van der Waals surface area contributed by atoms with E-state index < -0.39 is 5.60 Å². The maximum absolute atomic E-state index is 12.0. The summed E-state index contributed by atoms with van der Waals surface area (Å²) in [5.74, 6) is 0. The summed E-state index contributed by atoms with van der Waals surface area (Å²) in [5.41, 5.74) is -0.425. The van der Waals surface area contributed by atoms with Crippen LogP contribution in [-0.2, 0) is 4.74 Å². The van der Waals surface area contributed by atoms with Crippen molar-refractivity contribution in [1.82, 2.24) is 15.2 Å². The average molecular weight is 311 g/mol. The number of hydrogen-bond donors (Lipinski definition) is 1. The van der Waals surface area contributed by atoms with Gasteiger partial charge in [-0.15, -0.1) is 11.3 Å². The Morgan fingerprint density at radius 2 is 2.14 bits per heavy atom. The van der Waals surface area contributed by atoms with Gasteiger partial charge in [0.1, 0.15) is 10.6 Å². The van der Waals surface area contributed by atoms with Gasteiger partial charge in [-0.25, -0.2) is 9.78 Å². The number of hydrogen-bond acceptors (Lipinski definition) is 5. The van der Waals surface area contributed by atoms with Gasteiger partial charge in [-0.2, -0.15) is 0 Å². The Kier molecular flexibility index (Phi) is 5.22. The Morgan fingerprint density at radius 3 is 2.67 bits per heavy atom. The fraction of sp³-hybridized carbons (Fsp3) is 0.733. The minimum Gasteiger partial charge on any atom is -0.444 e. The average Bonchev–Trinajstić information content (AvgIpc) is 2.91. The molecule has 1 amide bonds. The van der Waals surface area contributed by atoms with E-state index in [0.717, 1.165) is 30.9 Å². The maximum Gasteiger partial charge on any atom is 0.410 e. The second-order valence-electron chi connectivity index (χ2n) is 6.50. The molecule has 1 atom stereocenters. The summed E-state index contributed by atoms with van der Waals surface area (Å²) in [7, 11) is 0. The molecule has 1 aromatic heterocycles. The number of likely N-dealkylation sites (tertiary alicyclic amines) is 1. The summed E-state index contributed by atoms with van der Waals surface area (Å²) < 4.78 is 5.41. The number of aromatic nitrogens is 1. The van der Waals surface area contributed by atoms with E-state index in [0.29, 0.717) is 6.04 Å². The summed E-state index contributed by atoms with van der Waals surface area (Å²) in [5, 5.41) is 6.71. The van der Waals surface area contributed by atoms with Crippen molar-refractivity contribution in [1.29, 1.82) is 0 Å². The van der Waals surface area contributed by atoms with E-state index in [1.165, 1.54) is 0 Å². The molecule has 0 radical (unpaired) electrons. The molecule has 1 saturated heterocycles. The highest BCUT2D eigenvalue weighted by molar-refractivity contribution is 7.09. The number of amides is 1. The van der Waals surface area contributed by atoms with Crippen LogP contribution >= 0.6 is 11.3 Å². The fourth-order valence-electron chi connectivity index (χ4n) is 2.43. The Labute approximate surface area is 130 Å². The van der Waals surface area contributed by atoms with Crippen LogP contribution in [0.1, 0.15) is 51.6 Å². The Bertz CT molecular complexity index is 448. The lowest BCUT2D eigenvalue weighted by atomic mass is 10.0. The normalized spacial score (nSPS) is 18.6. The number of carbonyl (C=O) groups excluding carboxylic acids is 1. The zero-order chi connectivity index (χ0) is 15.5. The number of rotatable bonds is 3. The lowest BCUT2D eigenvalue weighted by Gasteiger charge is -2.34. The van der Waals surface area contributed by atoms with Crippen molar-refractivity contribution in [2.75, 3.05) is 13.1 Å². The van der Waals surface area contributed by atoms with Crippen molar-refractivity contribution in [3.63, 3.8) is 0 Å². The van der Waals surface area contributed by atoms with Crippen LogP contribution in [0.5, 0.6) is 0 Å². The summed E-state index contributed by atoms with van der Waals surface area (Å²) in [4.78, 5) is 18.1.